The molecular weight excluding hydrogens is 360 g/mol. The molecule has 1 N–H and O–H groups in total. The maximum absolute atomic E-state index is 12.8. The first-order valence-corrected chi connectivity index (χ1v) is 9.37. The van der Waals surface area contributed by atoms with Crippen LogP contribution in [0.1, 0.15) is 50.9 Å². The van der Waals surface area contributed by atoms with Crippen molar-refractivity contribution in [3.63, 3.8) is 0 Å². The number of Topliss-reactive ketones (excluding diaryl/α,β-unsaturated/α-hetero) is 1. The summed E-state index contributed by atoms with van der Waals surface area (Å²) in [6.07, 6.45) is -0.0909. The monoisotopic (exact) mass is 386 g/mol. The second kappa shape index (κ2) is 7.66. The lowest BCUT2D eigenvalue weighted by atomic mass is 9.93. The molecule has 0 radical (unpaired) electrons. The maximum atomic E-state index is 12.8. The number of para-hydroxylation sites is 1. The average Bonchev–Trinajstić information content (AvgIpc) is 2.99. The first kappa shape index (κ1) is 19.9. The number of amides is 1. The molecule has 0 spiro atoms. The zero-order chi connectivity index (χ0) is 20.5. The number of methoxy groups -OCH3 is 1. The summed E-state index contributed by atoms with van der Waals surface area (Å²) in [4.78, 5) is 41.7. The molecule has 28 heavy (non-hydrogen) atoms. The number of rotatable bonds is 4. The molecule has 1 aromatic heterocycles. The first-order valence-electron chi connectivity index (χ1n) is 9.37. The number of hydrogen-bond donors (Lipinski definition) is 1. The highest BCUT2D eigenvalue weighted by atomic mass is 16.6. The number of H-pyrrole nitrogens is 1. The molecule has 2 aromatic rings. The Kier molecular flexibility index (Phi) is 5.45. The van der Waals surface area contributed by atoms with Crippen molar-refractivity contribution in [3.05, 3.63) is 35.5 Å². The second-order valence-corrected chi connectivity index (χ2v) is 8.00. The summed E-state index contributed by atoms with van der Waals surface area (Å²) in [6, 6.07) is 7.39. The Hall–Kier alpha value is -2.83. The van der Waals surface area contributed by atoms with Gasteiger partial charge in [0, 0.05) is 29.6 Å². The van der Waals surface area contributed by atoms with Gasteiger partial charge in [-0.15, -0.1) is 0 Å². The van der Waals surface area contributed by atoms with Crippen LogP contribution in [0.5, 0.6) is 0 Å². The molecule has 2 heterocycles. The molecule has 7 heteroatoms. The van der Waals surface area contributed by atoms with E-state index < -0.39 is 23.7 Å². The van der Waals surface area contributed by atoms with Gasteiger partial charge in [-0.3, -0.25) is 14.5 Å². The van der Waals surface area contributed by atoms with Crippen LogP contribution in [0, 0.1) is 0 Å². The first-order chi connectivity index (χ1) is 13.2. The highest BCUT2D eigenvalue weighted by Gasteiger charge is 2.37. The Morgan fingerprint density at radius 2 is 1.93 bits per heavy atom. The molecule has 0 aliphatic carbocycles. The fourth-order valence-corrected chi connectivity index (χ4v) is 3.59. The van der Waals surface area contributed by atoms with Gasteiger partial charge in [-0.2, -0.15) is 0 Å². The largest absolute Gasteiger partial charge is 0.469 e. The van der Waals surface area contributed by atoms with Crippen molar-refractivity contribution in [1.82, 2.24) is 9.88 Å². The lowest BCUT2D eigenvalue weighted by molar-refractivity contribution is -0.143. The van der Waals surface area contributed by atoms with E-state index in [1.165, 1.54) is 7.11 Å². The number of benzene rings is 1. The molecule has 0 saturated heterocycles. The predicted molar refractivity (Wildman–Crippen MR) is 104 cm³/mol. The summed E-state index contributed by atoms with van der Waals surface area (Å²) in [6.45, 7) is 5.86. The van der Waals surface area contributed by atoms with Crippen molar-refractivity contribution < 1.29 is 23.9 Å². The van der Waals surface area contributed by atoms with Crippen LogP contribution >= 0.6 is 0 Å². The molecule has 0 fully saturated rings. The smallest absolute Gasteiger partial charge is 0.410 e. The van der Waals surface area contributed by atoms with E-state index in [1.54, 1.807) is 25.7 Å². The van der Waals surface area contributed by atoms with Crippen molar-refractivity contribution in [2.45, 2.75) is 51.7 Å². The molecule has 1 atom stereocenters. The lowest BCUT2D eigenvalue weighted by Crippen LogP contribution is -2.43. The Balaban J connectivity index is 1.95. The van der Waals surface area contributed by atoms with Gasteiger partial charge >= 0.3 is 12.1 Å². The number of fused-ring (bicyclic) bond motifs is 3. The summed E-state index contributed by atoms with van der Waals surface area (Å²) in [5.41, 5.74) is 2.25. The van der Waals surface area contributed by atoms with Crippen LogP contribution < -0.4 is 0 Å². The number of ketones is 1. The van der Waals surface area contributed by atoms with Crippen LogP contribution in [0.15, 0.2) is 24.3 Å². The van der Waals surface area contributed by atoms with Gasteiger partial charge < -0.3 is 14.5 Å². The minimum Gasteiger partial charge on any atom is -0.469 e. The third-order valence-corrected chi connectivity index (χ3v) is 4.78. The van der Waals surface area contributed by atoms with Crippen molar-refractivity contribution >= 4 is 28.7 Å². The summed E-state index contributed by atoms with van der Waals surface area (Å²) in [7, 11) is 1.25. The number of esters is 1. The Morgan fingerprint density at radius 3 is 2.61 bits per heavy atom. The molecule has 1 unspecified atom stereocenters. The van der Waals surface area contributed by atoms with Gasteiger partial charge in [-0.25, -0.2) is 4.79 Å². The predicted octanol–water partition coefficient (Wildman–Crippen LogP) is 3.52. The zero-order valence-electron chi connectivity index (χ0n) is 16.7. The van der Waals surface area contributed by atoms with Gasteiger partial charge in [0.1, 0.15) is 17.8 Å². The van der Waals surface area contributed by atoms with E-state index in [0.29, 0.717) is 13.0 Å². The van der Waals surface area contributed by atoms with Crippen molar-refractivity contribution in [3.8, 4) is 0 Å². The quantitative estimate of drug-likeness (QED) is 0.641. The topological polar surface area (TPSA) is 88.7 Å². The number of aromatic nitrogens is 1. The van der Waals surface area contributed by atoms with Gasteiger partial charge in [0.15, 0.2) is 0 Å². The number of hydrogen-bond acceptors (Lipinski definition) is 5. The van der Waals surface area contributed by atoms with Gasteiger partial charge in [0.25, 0.3) is 0 Å². The summed E-state index contributed by atoms with van der Waals surface area (Å²) in [5, 5.41) is 1.09. The van der Waals surface area contributed by atoms with Gasteiger partial charge in [-0.1, -0.05) is 18.2 Å². The SMILES string of the molecule is COC(=O)CC(=O)CC1c2[nH]c3ccccc3c2CCN1C(=O)OC(C)(C)C. The van der Waals surface area contributed by atoms with Crippen molar-refractivity contribution in [1.29, 1.82) is 0 Å². The van der Waals surface area contributed by atoms with E-state index in [0.717, 1.165) is 22.2 Å². The Labute approximate surface area is 164 Å². The average molecular weight is 386 g/mol. The summed E-state index contributed by atoms with van der Waals surface area (Å²) < 4.78 is 10.1. The van der Waals surface area contributed by atoms with Crippen molar-refractivity contribution in [2.24, 2.45) is 0 Å². The van der Waals surface area contributed by atoms with Crippen LogP contribution in [-0.4, -0.2) is 47.0 Å². The number of nitrogens with one attached hydrogen (secondary N) is 1. The zero-order valence-corrected chi connectivity index (χ0v) is 16.7. The minimum atomic E-state index is -0.640. The molecule has 1 aromatic carbocycles. The van der Waals surface area contributed by atoms with Gasteiger partial charge in [0.2, 0.25) is 0 Å². The van der Waals surface area contributed by atoms with Crippen molar-refractivity contribution in [2.75, 3.05) is 13.7 Å². The fraction of sp³-hybridized carbons (Fsp3) is 0.476. The standard InChI is InChI=1S/C21H26N2O5/c1-21(2,3)28-20(26)23-10-9-15-14-7-5-6-8-16(14)22-19(15)17(23)11-13(24)12-18(25)27-4/h5-8,17,22H,9-12H2,1-4H3. The number of aromatic amines is 1. The van der Waals surface area contributed by atoms with E-state index >= 15 is 0 Å². The van der Waals surface area contributed by atoms with Crippen LogP contribution in [0.4, 0.5) is 4.79 Å². The van der Waals surface area contributed by atoms with E-state index in [4.69, 9.17) is 4.74 Å². The van der Waals surface area contributed by atoms with Crippen LogP contribution in [-0.2, 0) is 25.5 Å². The van der Waals surface area contributed by atoms with E-state index in [-0.39, 0.29) is 18.6 Å². The number of ether oxygens (including phenoxy) is 2. The molecule has 1 aliphatic heterocycles. The third-order valence-electron chi connectivity index (χ3n) is 4.78. The highest BCUT2D eigenvalue weighted by Crippen LogP contribution is 2.37. The molecule has 1 aliphatic rings. The molecule has 0 bridgehead atoms. The van der Waals surface area contributed by atoms with E-state index in [9.17, 15) is 14.4 Å². The summed E-state index contributed by atoms with van der Waals surface area (Å²) in [5.74, 6) is -0.863. The normalized spacial score (nSPS) is 16.6. The third kappa shape index (κ3) is 4.18. The lowest BCUT2D eigenvalue weighted by Gasteiger charge is -2.36. The summed E-state index contributed by atoms with van der Waals surface area (Å²) >= 11 is 0. The van der Waals surface area contributed by atoms with E-state index in [1.807, 2.05) is 24.3 Å². The molecule has 3 rings (SSSR count). The fourth-order valence-electron chi connectivity index (χ4n) is 3.59. The Morgan fingerprint density at radius 1 is 1.21 bits per heavy atom. The maximum Gasteiger partial charge on any atom is 0.410 e. The molecule has 150 valence electrons. The molecule has 7 nitrogen and oxygen atoms in total. The van der Waals surface area contributed by atoms with Crippen LogP contribution in [0.25, 0.3) is 10.9 Å². The number of carbonyl (C=O) groups is 3. The van der Waals surface area contributed by atoms with Crippen LogP contribution in [0.2, 0.25) is 0 Å². The van der Waals surface area contributed by atoms with Crippen LogP contribution in [0.3, 0.4) is 0 Å². The van der Waals surface area contributed by atoms with Gasteiger partial charge in [-0.05, 0) is 38.8 Å². The number of nitrogens with zero attached hydrogens (tertiary/aromatic N) is 1. The van der Waals surface area contributed by atoms with E-state index in [2.05, 4.69) is 9.72 Å². The van der Waals surface area contributed by atoms with Gasteiger partial charge in [0.05, 0.1) is 13.2 Å². The second-order valence-electron chi connectivity index (χ2n) is 8.00. The minimum absolute atomic E-state index is 0.0220. The number of carbonyl (C=O) groups excluding carboxylic acids is 3. The molecule has 1 amide bonds. The Bertz CT molecular complexity index is 909. The molecule has 0 saturated carbocycles. The molecular formula is C21H26N2O5. The highest BCUT2D eigenvalue weighted by molar-refractivity contribution is 5.96.